The predicted octanol–water partition coefficient (Wildman–Crippen LogP) is 4.46. The van der Waals surface area contributed by atoms with Crippen molar-refractivity contribution in [3.63, 3.8) is 0 Å². The van der Waals surface area contributed by atoms with E-state index >= 15 is 0 Å². The number of nitrogens with zero attached hydrogens (tertiary/aromatic N) is 2. The maximum atomic E-state index is 12.4. The molecule has 3 nitrogen and oxygen atoms in total. The van der Waals surface area contributed by atoms with E-state index in [2.05, 4.69) is 9.89 Å². The molecule has 3 aliphatic rings. The number of allylic oxidation sites excluding steroid dienone is 2. The Morgan fingerprint density at radius 1 is 1.09 bits per heavy atom. The zero-order chi connectivity index (χ0) is 15.3. The minimum Gasteiger partial charge on any atom is -0.317 e. The van der Waals surface area contributed by atoms with E-state index in [1.807, 2.05) is 30.5 Å². The van der Waals surface area contributed by atoms with E-state index in [0.717, 1.165) is 42.7 Å². The lowest BCUT2D eigenvalue weighted by molar-refractivity contribution is -0.124. The number of carbonyl (C=O) groups excluding carboxylic acids is 1. The molecule has 0 bridgehead atoms. The van der Waals surface area contributed by atoms with Crippen molar-refractivity contribution in [2.75, 3.05) is 0 Å². The normalized spacial score (nSPS) is 22.1. The molecular formula is C17H14Cl2N2O. The van der Waals surface area contributed by atoms with Crippen LogP contribution in [0.25, 0.3) is 5.57 Å². The molecule has 2 aliphatic heterocycles. The molecule has 0 N–H and O–H groups in total. The van der Waals surface area contributed by atoms with Gasteiger partial charge in [-0.05, 0) is 48.3 Å². The Morgan fingerprint density at radius 2 is 1.86 bits per heavy atom. The van der Waals surface area contributed by atoms with E-state index in [-0.39, 0.29) is 5.91 Å². The van der Waals surface area contributed by atoms with Crippen molar-refractivity contribution < 1.29 is 4.79 Å². The molecule has 0 unspecified atom stereocenters. The molecule has 1 aromatic carbocycles. The van der Waals surface area contributed by atoms with Gasteiger partial charge in [0.1, 0.15) is 11.4 Å². The van der Waals surface area contributed by atoms with E-state index in [0.29, 0.717) is 10.0 Å². The Morgan fingerprint density at radius 3 is 2.59 bits per heavy atom. The van der Waals surface area contributed by atoms with E-state index in [4.69, 9.17) is 23.2 Å². The van der Waals surface area contributed by atoms with Gasteiger partial charge in [-0.25, -0.2) is 0 Å². The molecule has 112 valence electrons. The summed E-state index contributed by atoms with van der Waals surface area (Å²) in [6.45, 7) is 0. The van der Waals surface area contributed by atoms with Crippen molar-refractivity contribution >= 4 is 40.5 Å². The van der Waals surface area contributed by atoms with Gasteiger partial charge in [-0.15, -0.1) is 0 Å². The zero-order valence-electron chi connectivity index (χ0n) is 11.9. The van der Waals surface area contributed by atoms with Gasteiger partial charge in [0, 0.05) is 6.20 Å². The fourth-order valence-electron chi connectivity index (χ4n) is 3.50. The molecular weight excluding hydrogens is 319 g/mol. The van der Waals surface area contributed by atoms with Crippen molar-refractivity contribution in [3.8, 4) is 0 Å². The number of aliphatic imine (C=N–C) groups is 1. The van der Waals surface area contributed by atoms with Gasteiger partial charge in [-0.2, -0.15) is 4.99 Å². The van der Waals surface area contributed by atoms with Crippen LogP contribution in [0.15, 0.2) is 41.5 Å². The maximum Gasteiger partial charge on any atom is 0.273 e. The summed E-state index contributed by atoms with van der Waals surface area (Å²) in [5, 5.41) is 1.07. The highest BCUT2D eigenvalue weighted by Crippen LogP contribution is 2.42. The van der Waals surface area contributed by atoms with Crippen LogP contribution in [0, 0.1) is 0 Å². The summed E-state index contributed by atoms with van der Waals surface area (Å²) >= 11 is 12.1. The number of halogens is 2. The van der Waals surface area contributed by atoms with Crippen molar-refractivity contribution in [1.82, 2.24) is 4.90 Å². The molecule has 1 fully saturated rings. The summed E-state index contributed by atoms with van der Waals surface area (Å²) in [4.78, 5) is 18.7. The fourth-order valence-corrected chi connectivity index (χ4v) is 3.80. The fraction of sp³-hybridized carbons (Fsp3) is 0.294. The Bertz CT molecular complexity index is 758. The first-order valence-corrected chi connectivity index (χ1v) is 8.14. The number of carbonyl (C=O) groups is 1. The Hall–Kier alpha value is -1.58. The van der Waals surface area contributed by atoms with E-state index in [9.17, 15) is 4.79 Å². The number of amidine groups is 1. The third kappa shape index (κ3) is 1.96. The number of fused-ring (bicyclic) bond motifs is 2. The molecule has 4 rings (SSSR count). The van der Waals surface area contributed by atoms with Crippen LogP contribution in [0.2, 0.25) is 10.0 Å². The molecule has 22 heavy (non-hydrogen) atoms. The summed E-state index contributed by atoms with van der Waals surface area (Å²) in [5.74, 6) is 0.743. The second kappa shape index (κ2) is 4.97. The number of benzene rings is 1. The van der Waals surface area contributed by atoms with Crippen LogP contribution < -0.4 is 0 Å². The van der Waals surface area contributed by atoms with Crippen molar-refractivity contribution in [1.29, 1.82) is 0 Å². The Balaban J connectivity index is 1.76. The van der Waals surface area contributed by atoms with Crippen molar-refractivity contribution in [3.05, 3.63) is 52.2 Å². The molecule has 1 amide bonds. The molecule has 1 spiro atoms. The Kier molecular flexibility index (Phi) is 3.17. The first-order valence-electron chi connectivity index (χ1n) is 7.38. The first-order chi connectivity index (χ1) is 10.6. The van der Waals surface area contributed by atoms with Crippen LogP contribution in [0.4, 0.5) is 0 Å². The zero-order valence-corrected chi connectivity index (χ0v) is 13.4. The highest BCUT2D eigenvalue weighted by Gasteiger charge is 2.51. The van der Waals surface area contributed by atoms with Gasteiger partial charge >= 0.3 is 0 Å². The molecule has 2 heterocycles. The minimum atomic E-state index is -0.457. The van der Waals surface area contributed by atoms with Crippen LogP contribution in [-0.2, 0) is 4.79 Å². The molecule has 5 heteroatoms. The lowest BCUT2D eigenvalue weighted by Crippen LogP contribution is -2.46. The number of rotatable bonds is 1. The van der Waals surface area contributed by atoms with Gasteiger partial charge in [0.15, 0.2) is 0 Å². The van der Waals surface area contributed by atoms with Gasteiger partial charge < -0.3 is 4.90 Å². The van der Waals surface area contributed by atoms with Crippen LogP contribution in [0.3, 0.4) is 0 Å². The van der Waals surface area contributed by atoms with Crippen LogP contribution in [0.5, 0.6) is 0 Å². The average Bonchev–Trinajstić information content (AvgIpc) is 3.10. The van der Waals surface area contributed by atoms with Crippen molar-refractivity contribution in [2.24, 2.45) is 4.99 Å². The highest BCUT2D eigenvalue weighted by molar-refractivity contribution is 6.42. The van der Waals surface area contributed by atoms with Gasteiger partial charge in [0.25, 0.3) is 5.91 Å². The Labute approximate surface area is 138 Å². The predicted molar refractivity (Wildman–Crippen MR) is 89.1 cm³/mol. The molecule has 1 aliphatic carbocycles. The van der Waals surface area contributed by atoms with Gasteiger partial charge in [-0.1, -0.05) is 42.1 Å². The lowest BCUT2D eigenvalue weighted by atomic mass is 9.94. The quantitative estimate of drug-likeness (QED) is 0.760. The highest BCUT2D eigenvalue weighted by atomic mass is 35.5. The van der Waals surface area contributed by atoms with Crippen molar-refractivity contribution in [2.45, 2.75) is 31.2 Å². The van der Waals surface area contributed by atoms with E-state index in [1.54, 1.807) is 6.07 Å². The molecule has 0 saturated heterocycles. The molecule has 0 atom stereocenters. The van der Waals surface area contributed by atoms with Gasteiger partial charge in [0.05, 0.1) is 10.0 Å². The second-order valence-corrected chi connectivity index (χ2v) is 6.74. The summed E-state index contributed by atoms with van der Waals surface area (Å²) in [6.07, 6.45) is 9.79. The third-order valence-electron chi connectivity index (χ3n) is 4.69. The SMILES string of the molecule is O=C1N=C2C=CC(c3ccc(Cl)c(Cl)c3)=CN2C12CCCC2. The average molecular weight is 333 g/mol. The molecule has 1 saturated carbocycles. The topological polar surface area (TPSA) is 32.7 Å². The van der Waals surface area contributed by atoms with Crippen LogP contribution >= 0.6 is 23.2 Å². The summed E-state index contributed by atoms with van der Waals surface area (Å²) in [5.41, 5.74) is 1.54. The van der Waals surface area contributed by atoms with Crippen LogP contribution in [-0.4, -0.2) is 22.2 Å². The molecule has 1 aromatic rings. The lowest BCUT2D eigenvalue weighted by Gasteiger charge is -2.34. The second-order valence-electron chi connectivity index (χ2n) is 5.93. The van der Waals surface area contributed by atoms with Gasteiger partial charge in [-0.3, -0.25) is 4.79 Å². The number of amides is 1. The molecule has 0 aromatic heterocycles. The van der Waals surface area contributed by atoms with E-state index < -0.39 is 5.54 Å². The summed E-state index contributed by atoms with van der Waals surface area (Å²) < 4.78 is 0. The smallest absolute Gasteiger partial charge is 0.273 e. The first kappa shape index (κ1) is 14.0. The largest absolute Gasteiger partial charge is 0.317 e. The standard InChI is InChI=1S/C17H14Cl2N2O/c18-13-5-3-11(9-14(13)19)12-4-6-15-20-16(22)17(21(15)10-12)7-1-2-8-17/h3-6,9-10H,1-2,7-8H2. The van der Waals surface area contributed by atoms with Crippen LogP contribution in [0.1, 0.15) is 31.2 Å². The maximum absolute atomic E-state index is 12.4. The number of hydrogen-bond donors (Lipinski definition) is 0. The monoisotopic (exact) mass is 332 g/mol. The summed E-state index contributed by atoms with van der Waals surface area (Å²) in [6, 6.07) is 5.57. The minimum absolute atomic E-state index is 0.00344. The third-order valence-corrected chi connectivity index (χ3v) is 5.42. The number of hydrogen-bond acceptors (Lipinski definition) is 2. The summed E-state index contributed by atoms with van der Waals surface area (Å²) in [7, 11) is 0. The molecule has 0 radical (unpaired) electrons. The van der Waals surface area contributed by atoms with Gasteiger partial charge in [0.2, 0.25) is 0 Å². The van der Waals surface area contributed by atoms with E-state index in [1.165, 1.54) is 0 Å².